The number of para-hydroxylation sites is 2. The zero-order valence-corrected chi connectivity index (χ0v) is 16.7. The maximum Gasteiger partial charge on any atom is 0.325 e. The maximum atomic E-state index is 12.2. The number of urea groups is 1. The van der Waals surface area contributed by atoms with Gasteiger partial charge in [0.1, 0.15) is 11.5 Å². The lowest BCUT2D eigenvalue weighted by Crippen LogP contribution is -2.20. The number of hydrogen-bond donors (Lipinski definition) is 3. The Labute approximate surface area is 171 Å². The minimum absolute atomic E-state index is 0.0956. The summed E-state index contributed by atoms with van der Waals surface area (Å²) in [6.07, 6.45) is 0.0956. The van der Waals surface area contributed by atoms with E-state index < -0.39 is 6.03 Å². The quantitative estimate of drug-likeness (QED) is 0.545. The number of nitrogens with one attached hydrogen (secondary N) is 3. The number of anilines is 3. The van der Waals surface area contributed by atoms with Gasteiger partial charge in [-0.1, -0.05) is 12.1 Å². The molecule has 8 nitrogen and oxygen atoms in total. The molecule has 0 fully saturated rings. The molecule has 0 radical (unpaired) electrons. The van der Waals surface area contributed by atoms with Crippen molar-refractivity contribution >= 4 is 39.8 Å². The molecule has 0 bridgehead atoms. The molecule has 0 aliphatic carbocycles. The van der Waals surface area contributed by atoms with E-state index in [2.05, 4.69) is 20.9 Å². The van der Waals surface area contributed by atoms with Crippen LogP contribution in [-0.4, -0.2) is 31.1 Å². The van der Waals surface area contributed by atoms with E-state index in [0.29, 0.717) is 33.7 Å². The SMILES string of the molecule is COc1ccc(NC(=O)Cc2csc(NC(=O)Nc3ccccc3OC)n2)cc1. The topological polar surface area (TPSA) is 102 Å². The molecule has 2 aromatic carbocycles. The number of ether oxygens (including phenoxy) is 2. The van der Waals surface area contributed by atoms with E-state index in [4.69, 9.17) is 9.47 Å². The highest BCUT2D eigenvalue weighted by Crippen LogP contribution is 2.24. The van der Waals surface area contributed by atoms with Crippen LogP contribution >= 0.6 is 11.3 Å². The van der Waals surface area contributed by atoms with Gasteiger partial charge in [0.15, 0.2) is 5.13 Å². The highest BCUT2D eigenvalue weighted by molar-refractivity contribution is 7.14. The lowest BCUT2D eigenvalue weighted by Gasteiger charge is -2.09. The van der Waals surface area contributed by atoms with Crippen molar-refractivity contribution < 1.29 is 19.1 Å². The first-order chi connectivity index (χ1) is 14.1. The first kappa shape index (κ1) is 20.2. The van der Waals surface area contributed by atoms with Crippen molar-refractivity contribution in [2.45, 2.75) is 6.42 Å². The number of thiazole rings is 1. The minimum atomic E-state index is -0.446. The van der Waals surface area contributed by atoms with Gasteiger partial charge in [0.05, 0.1) is 32.0 Å². The Morgan fingerprint density at radius 2 is 1.72 bits per heavy atom. The Morgan fingerprint density at radius 3 is 2.45 bits per heavy atom. The molecule has 29 heavy (non-hydrogen) atoms. The normalized spacial score (nSPS) is 10.1. The highest BCUT2D eigenvalue weighted by atomic mass is 32.1. The average Bonchev–Trinajstić information content (AvgIpc) is 3.15. The number of methoxy groups -OCH3 is 2. The van der Waals surface area contributed by atoms with Crippen LogP contribution in [0.25, 0.3) is 0 Å². The van der Waals surface area contributed by atoms with Crippen molar-refractivity contribution in [1.29, 1.82) is 0 Å². The predicted octanol–water partition coefficient (Wildman–Crippen LogP) is 3.99. The van der Waals surface area contributed by atoms with E-state index in [-0.39, 0.29) is 12.3 Å². The summed E-state index contributed by atoms with van der Waals surface area (Å²) in [6, 6.07) is 13.7. The van der Waals surface area contributed by atoms with E-state index in [1.165, 1.54) is 18.4 Å². The maximum absolute atomic E-state index is 12.2. The van der Waals surface area contributed by atoms with E-state index >= 15 is 0 Å². The third kappa shape index (κ3) is 5.69. The molecular weight excluding hydrogens is 392 g/mol. The summed E-state index contributed by atoms with van der Waals surface area (Å²) >= 11 is 1.24. The van der Waals surface area contributed by atoms with Gasteiger partial charge in [0.2, 0.25) is 5.91 Å². The van der Waals surface area contributed by atoms with Gasteiger partial charge in [-0.05, 0) is 36.4 Å². The van der Waals surface area contributed by atoms with Gasteiger partial charge < -0.3 is 20.1 Å². The van der Waals surface area contributed by atoms with Crippen LogP contribution in [0, 0.1) is 0 Å². The Morgan fingerprint density at radius 1 is 0.966 bits per heavy atom. The van der Waals surface area contributed by atoms with Crippen LogP contribution < -0.4 is 25.4 Å². The van der Waals surface area contributed by atoms with Gasteiger partial charge in [-0.25, -0.2) is 9.78 Å². The number of carbonyl (C=O) groups excluding carboxylic acids is 2. The van der Waals surface area contributed by atoms with E-state index in [1.54, 1.807) is 55.0 Å². The van der Waals surface area contributed by atoms with Gasteiger partial charge in [-0.15, -0.1) is 11.3 Å². The van der Waals surface area contributed by atoms with Gasteiger partial charge in [-0.3, -0.25) is 10.1 Å². The van der Waals surface area contributed by atoms with Gasteiger partial charge >= 0.3 is 6.03 Å². The molecule has 9 heteroatoms. The Hall–Kier alpha value is -3.59. The van der Waals surface area contributed by atoms with Crippen LogP contribution in [0.5, 0.6) is 11.5 Å². The van der Waals surface area contributed by atoms with Crippen molar-refractivity contribution in [2.24, 2.45) is 0 Å². The molecule has 1 aromatic heterocycles. The zero-order chi connectivity index (χ0) is 20.6. The van der Waals surface area contributed by atoms with Crippen LogP contribution in [0.15, 0.2) is 53.9 Å². The summed E-state index contributed by atoms with van der Waals surface area (Å²) in [5.41, 5.74) is 1.78. The van der Waals surface area contributed by atoms with E-state index in [9.17, 15) is 9.59 Å². The Balaban J connectivity index is 1.53. The second-order valence-corrected chi connectivity index (χ2v) is 6.73. The molecule has 0 aliphatic heterocycles. The molecule has 3 rings (SSSR count). The fourth-order valence-electron chi connectivity index (χ4n) is 2.49. The summed E-state index contributed by atoms with van der Waals surface area (Å²) in [4.78, 5) is 28.6. The molecule has 3 N–H and O–H groups in total. The van der Waals surface area contributed by atoms with Crippen LogP contribution in [0.3, 0.4) is 0 Å². The molecule has 0 spiro atoms. The van der Waals surface area contributed by atoms with Crippen molar-refractivity contribution in [3.05, 3.63) is 59.6 Å². The highest BCUT2D eigenvalue weighted by Gasteiger charge is 2.12. The van der Waals surface area contributed by atoms with E-state index in [1.807, 2.05) is 6.07 Å². The monoisotopic (exact) mass is 412 g/mol. The Bertz CT molecular complexity index is 988. The first-order valence-corrected chi connectivity index (χ1v) is 9.54. The molecule has 3 aromatic rings. The Kier molecular flexibility index (Phi) is 6.64. The second-order valence-electron chi connectivity index (χ2n) is 5.88. The molecular formula is C20H20N4O4S. The summed E-state index contributed by atoms with van der Waals surface area (Å²) in [6.45, 7) is 0. The summed E-state index contributed by atoms with van der Waals surface area (Å²) in [5, 5.41) is 10.3. The number of carbonyl (C=O) groups is 2. The summed E-state index contributed by atoms with van der Waals surface area (Å²) in [5.74, 6) is 1.06. The predicted molar refractivity (Wildman–Crippen MR) is 113 cm³/mol. The van der Waals surface area contributed by atoms with Gasteiger partial charge in [-0.2, -0.15) is 0 Å². The first-order valence-electron chi connectivity index (χ1n) is 8.66. The van der Waals surface area contributed by atoms with Crippen molar-refractivity contribution in [2.75, 3.05) is 30.2 Å². The molecule has 0 atom stereocenters. The molecule has 0 saturated carbocycles. The lowest BCUT2D eigenvalue weighted by atomic mass is 10.2. The van der Waals surface area contributed by atoms with Crippen LogP contribution in [0.4, 0.5) is 21.3 Å². The number of hydrogen-bond acceptors (Lipinski definition) is 6. The lowest BCUT2D eigenvalue weighted by molar-refractivity contribution is -0.115. The third-order valence-electron chi connectivity index (χ3n) is 3.84. The summed E-state index contributed by atoms with van der Waals surface area (Å²) in [7, 11) is 3.11. The molecule has 0 aliphatic rings. The van der Waals surface area contributed by atoms with Crippen LogP contribution in [0.1, 0.15) is 5.69 Å². The average molecular weight is 412 g/mol. The zero-order valence-electron chi connectivity index (χ0n) is 15.9. The van der Waals surface area contributed by atoms with Crippen molar-refractivity contribution in [1.82, 2.24) is 4.98 Å². The number of benzene rings is 2. The second kappa shape index (κ2) is 9.56. The van der Waals surface area contributed by atoms with Gasteiger partial charge in [0.25, 0.3) is 0 Å². The number of rotatable bonds is 7. The molecule has 1 heterocycles. The third-order valence-corrected chi connectivity index (χ3v) is 4.65. The number of aromatic nitrogens is 1. The molecule has 0 saturated heterocycles. The van der Waals surface area contributed by atoms with Crippen molar-refractivity contribution in [3.8, 4) is 11.5 Å². The minimum Gasteiger partial charge on any atom is -0.497 e. The fraction of sp³-hybridized carbons (Fsp3) is 0.150. The number of nitrogens with zero attached hydrogens (tertiary/aromatic N) is 1. The number of amides is 3. The largest absolute Gasteiger partial charge is 0.497 e. The standard InChI is InChI=1S/C20H20N4O4S/c1-27-15-9-7-13(8-10-15)21-18(25)11-14-12-29-20(22-14)24-19(26)23-16-5-3-4-6-17(16)28-2/h3-10,12H,11H2,1-2H3,(H,21,25)(H2,22,23,24,26). The smallest absolute Gasteiger partial charge is 0.325 e. The fourth-order valence-corrected chi connectivity index (χ4v) is 3.19. The summed E-state index contributed by atoms with van der Waals surface area (Å²) < 4.78 is 10.3. The van der Waals surface area contributed by atoms with Gasteiger partial charge in [0, 0.05) is 11.1 Å². The molecule has 0 unspecified atom stereocenters. The molecule has 3 amide bonds. The van der Waals surface area contributed by atoms with Crippen LogP contribution in [-0.2, 0) is 11.2 Å². The van der Waals surface area contributed by atoms with Crippen LogP contribution in [0.2, 0.25) is 0 Å². The molecule has 150 valence electrons. The van der Waals surface area contributed by atoms with E-state index in [0.717, 1.165) is 0 Å². The van der Waals surface area contributed by atoms with Crippen molar-refractivity contribution in [3.63, 3.8) is 0 Å².